The molecule has 1 heterocycles. The summed E-state index contributed by atoms with van der Waals surface area (Å²) in [7, 11) is 0. The van der Waals surface area contributed by atoms with Gasteiger partial charge >= 0.3 is 0 Å². The second-order valence-electron chi connectivity index (χ2n) is 5.47. The largest absolute Gasteiger partial charge is 0.484 e. The monoisotopic (exact) mass is 368 g/mol. The SMILES string of the molecule is O=C(COc1cccc([N+](=O)[O-])c1)N[C@@H](c1ccccc1)c1cccs1. The molecule has 0 fully saturated rings. The molecule has 3 aromatic rings. The highest BCUT2D eigenvalue weighted by atomic mass is 32.1. The number of nitrogens with one attached hydrogen (secondary N) is 1. The quantitative estimate of drug-likeness (QED) is 0.506. The molecule has 7 heteroatoms. The number of thiophene rings is 1. The summed E-state index contributed by atoms with van der Waals surface area (Å²) in [6.45, 7) is -0.226. The molecule has 3 rings (SSSR count). The summed E-state index contributed by atoms with van der Waals surface area (Å²) in [6.07, 6.45) is 0. The standard InChI is InChI=1S/C19H16N2O4S/c22-18(13-25-16-9-4-8-15(12-16)21(23)24)20-19(17-10-5-11-26-17)14-6-2-1-3-7-14/h1-12,19H,13H2,(H,20,22)/t19-/m0/s1. The first-order valence-electron chi connectivity index (χ1n) is 7.88. The minimum atomic E-state index is -0.505. The Balaban J connectivity index is 1.67. The second kappa shape index (κ2) is 8.26. The van der Waals surface area contributed by atoms with Crippen LogP contribution in [-0.4, -0.2) is 17.4 Å². The van der Waals surface area contributed by atoms with E-state index in [1.54, 1.807) is 17.4 Å². The minimum absolute atomic E-state index is 0.0799. The van der Waals surface area contributed by atoms with Crippen molar-refractivity contribution in [2.24, 2.45) is 0 Å². The van der Waals surface area contributed by atoms with Crippen LogP contribution in [0.15, 0.2) is 72.1 Å². The van der Waals surface area contributed by atoms with Gasteiger partial charge in [-0.25, -0.2) is 0 Å². The predicted molar refractivity (Wildman–Crippen MR) is 99.3 cm³/mol. The third-order valence-electron chi connectivity index (χ3n) is 3.66. The second-order valence-corrected chi connectivity index (χ2v) is 6.45. The molecule has 1 aromatic heterocycles. The Hall–Kier alpha value is -3.19. The fourth-order valence-electron chi connectivity index (χ4n) is 2.46. The van der Waals surface area contributed by atoms with Crippen molar-refractivity contribution < 1.29 is 14.5 Å². The van der Waals surface area contributed by atoms with E-state index in [0.29, 0.717) is 0 Å². The van der Waals surface area contributed by atoms with Gasteiger partial charge in [0.2, 0.25) is 0 Å². The molecule has 0 aliphatic heterocycles. The first-order valence-corrected chi connectivity index (χ1v) is 8.76. The number of nitrogens with zero attached hydrogens (tertiary/aromatic N) is 1. The van der Waals surface area contributed by atoms with E-state index in [1.807, 2.05) is 47.8 Å². The number of amides is 1. The molecule has 132 valence electrons. The number of benzene rings is 2. The van der Waals surface area contributed by atoms with E-state index in [-0.39, 0.29) is 30.0 Å². The van der Waals surface area contributed by atoms with Gasteiger partial charge in [0.25, 0.3) is 11.6 Å². The summed E-state index contributed by atoms with van der Waals surface area (Å²) < 4.78 is 5.40. The third kappa shape index (κ3) is 4.46. The van der Waals surface area contributed by atoms with Crippen LogP contribution in [0.5, 0.6) is 5.75 Å². The summed E-state index contributed by atoms with van der Waals surface area (Å²) >= 11 is 1.56. The molecule has 0 saturated heterocycles. The van der Waals surface area contributed by atoms with Crippen molar-refractivity contribution in [1.29, 1.82) is 0 Å². The molecule has 0 aliphatic rings. The molecule has 0 radical (unpaired) electrons. The maximum Gasteiger partial charge on any atom is 0.273 e. The first kappa shape index (κ1) is 17.6. The number of nitro benzene ring substituents is 1. The molecule has 26 heavy (non-hydrogen) atoms. The third-order valence-corrected chi connectivity index (χ3v) is 4.60. The highest BCUT2D eigenvalue weighted by Crippen LogP contribution is 2.26. The summed E-state index contributed by atoms with van der Waals surface area (Å²) in [5.41, 5.74) is 0.891. The lowest BCUT2D eigenvalue weighted by Gasteiger charge is -2.18. The van der Waals surface area contributed by atoms with Crippen LogP contribution in [0.25, 0.3) is 0 Å². The molecule has 6 nitrogen and oxygen atoms in total. The highest BCUT2D eigenvalue weighted by molar-refractivity contribution is 7.10. The number of rotatable bonds is 7. The number of ether oxygens (including phenoxy) is 1. The van der Waals surface area contributed by atoms with Gasteiger partial charge in [0.05, 0.1) is 17.0 Å². The van der Waals surface area contributed by atoms with Crippen molar-refractivity contribution in [2.75, 3.05) is 6.61 Å². The molecule has 0 aliphatic carbocycles. The van der Waals surface area contributed by atoms with Crippen molar-refractivity contribution in [2.45, 2.75) is 6.04 Å². The van der Waals surface area contributed by atoms with Crippen molar-refractivity contribution in [1.82, 2.24) is 5.32 Å². The smallest absolute Gasteiger partial charge is 0.273 e. The Kier molecular flexibility index (Phi) is 5.60. The van der Waals surface area contributed by atoms with Gasteiger partial charge in [0.15, 0.2) is 6.61 Å². The summed E-state index contributed by atoms with van der Waals surface area (Å²) in [6, 6.07) is 19.0. The lowest BCUT2D eigenvalue weighted by atomic mass is 10.1. The Morgan fingerprint density at radius 3 is 2.62 bits per heavy atom. The van der Waals surface area contributed by atoms with Gasteiger partial charge in [-0.3, -0.25) is 14.9 Å². The number of carbonyl (C=O) groups excluding carboxylic acids is 1. The average molecular weight is 368 g/mol. The molecular formula is C19H16N2O4S. The summed E-state index contributed by atoms with van der Waals surface area (Å²) in [4.78, 5) is 23.7. The Labute approximate surface area is 154 Å². The zero-order chi connectivity index (χ0) is 18.4. The Morgan fingerprint density at radius 2 is 1.92 bits per heavy atom. The van der Waals surface area contributed by atoms with E-state index in [1.165, 1.54) is 18.2 Å². The van der Waals surface area contributed by atoms with E-state index >= 15 is 0 Å². The molecule has 1 amide bonds. The Bertz CT molecular complexity index is 882. The van der Waals surface area contributed by atoms with Gasteiger partial charge in [-0.2, -0.15) is 0 Å². The molecule has 0 spiro atoms. The van der Waals surface area contributed by atoms with Gasteiger partial charge in [-0.1, -0.05) is 42.5 Å². The van der Waals surface area contributed by atoms with Crippen LogP contribution in [0.3, 0.4) is 0 Å². The normalized spacial score (nSPS) is 11.5. The molecular weight excluding hydrogens is 352 g/mol. The van der Waals surface area contributed by atoms with Gasteiger partial charge in [-0.05, 0) is 23.1 Å². The van der Waals surface area contributed by atoms with Crippen molar-refractivity contribution >= 4 is 22.9 Å². The van der Waals surface area contributed by atoms with Crippen LogP contribution in [0.2, 0.25) is 0 Å². The maximum atomic E-state index is 12.3. The fourth-order valence-corrected chi connectivity index (χ4v) is 3.26. The van der Waals surface area contributed by atoms with E-state index in [2.05, 4.69) is 5.32 Å². The molecule has 1 atom stereocenters. The lowest BCUT2D eigenvalue weighted by Crippen LogP contribution is -2.32. The molecule has 0 bridgehead atoms. The van der Waals surface area contributed by atoms with Crippen molar-refractivity contribution in [3.8, 4) is 5.75 Å². The maximum absolute atomic E-state index is 12.3. The molecule has 0 unspecified atom stereocenters. The van der Waals surface area contributed by atoms with E-state index < -0.39 is 4.92 Å². The number of hydrogen-bond acceptors (Lipinski definition) is 5. The van der Waals surface area contributed by atoms with Crippen molar-refractivity contribution in [3.05, 3.63) is 92.7 Å². The van der Waals surface area contributed by atoms with Crippen LogP contribution in [0, 0.1) is 10.1 Å². The fraction of sp³-hybridized carbons (Fsp3) is 0.105. The van der Waals surface area contributed by atoms with E-state index in [0.717, 1.165) is 10.4 Å². The van der Waals surface area contributed by atoms with Gasteiger partial charge in [0, 0.05) is 10.9 Å². The van der Waals surface area contributed by atoms with E-state index in [4.69, 9.17) is 4.74 Å². The zero-order valence-electron chi connectivity index (χ0n) is 13.7. The molecule has 0 saturated carbocycles. The van der Waals surface area contributed by atoms with Crippen molar-refractivity contribution in [3.63, 3.8) is 0 Å². The summed E-state index contributed by atoms with van der Waals surface area (Å²) in [5.74, 6) is -0.0273. The van der Waals surface area contributed by atoms with E-state index in [9.17, 15) is 14.9 Å². The van der Waals surface area contributed by atoms with Crippen LogP contribution in [0.1, 0.15) is 16.5 Å². The van der Waals surface area contributed by atoms with Gasteiger partial charge in [0.1, 0.15) is 5.75 Å². The summed E-state index contributed by atoms with van der Waals surface area (Å²) in [5, 5.41) is 15.7. The first-order chi connectivity index (χ1) is 12.6. The highest BCUT2D eigenvalue weighted by Gasteiger charge is 2.18. The number of non-ortho nitro benzene ring substituents is 1. The number of hydrogen-bond donors (Lipinski definition) is 1. The molecule has 2 aromatic carbocycles. The lowest BCUT2D eigenvalue weighted by molar-refractivity contribution is -0.384. The van der Waals surface area contributed by atoms with Crippen LogP contribution in [0.4, 0.5) is 5.69 Å². The average Bonchev–Trinajstić information content (AvgIpc) is 3.20. The number of nitro groups is 1. The topological polar surface area (TPSA) is 81.5 Å². The zero-order valence-corrected chi connectivity index (χ0v) is 14.5. The van der Waals surface area contributed by atoms with Crippen LogP contribution in [-0.2, 0) is 4.79 Å². The Morgan fingerprint density at radius 1 is 1.12 bits per heavy atom. The number of carbonyl (C=O) groups is 1. The van der Waals surface area contributed by atoms with Crippen LogP contribution >= 0.6 is 11.3 Å². The van der Waals surface area contributed by atoms with Crippen LogP contribution < -0.4 is 10.1 Å². The molecule has 1 N–H and O–H groups in total. The predicted octanol–water partition coefficient (Wildman–Crippen LogP) is 3.94. The van der Waals surface area contributed by atoms with Gasteiger partial charge < -0.3 is 10.1 Å². The minimum Gasteiger partial charge on any atom is -0.484 e. The van der Waals surface area contributed by atoms with Gasteiger partial charge in [-0.15, -0.1) is 11.3 Å².